The number of aryl methyl sites for hydroxylation is 2. The number of benzene rings is 1. The van der Waals surface area contributed by atoms with Crippen LogP contribution in [0.1, 0.15) is 34.3 Å². The molecule has 1 aliphatic rings. The van der Waals surface area contributed by atoms with Crippen molar-refractivity contribution in [2.75, 3.05) is 26.2 Å². The van der Waals surface area contributed by atoms with Crippen molar-refractivity contribution in [3.8, 4) is 0 Å². The topological polar surface area (TPSA) is 92.7 Å². The number of thioether (sulfide) groups is 1. The van der Waals surface area contributed by atoms with Crippen LogP contribution in [-0.2, 0) is 10.5 Å². The van der Waals surface area contributed by atoms with Crippen LogP contribution >= 0.6 is 11.8 Å². The minimum Gasteiger partial charge on any atom is -0.368 e. The number of piperazine rings is 1. The van der Waals surface area contributed by atoms with Crippen molar-refractivity contribution in [1.29, 1.82) is 0 Å². The lowest BCUT2D eigenvalue weighted by Gasteiger charge is -2.37. The van der Waals surface area contributed by atoms with Gasteiger partial charge in [-0.3, -0.25) is 14.5 Å². The largest absolute Gasteiger partial charge is 0.368 e. The summed E-state index contributed by atoms with van der Waals surface area (Å²) in [6.45, 7) is 8.09. The third kappa shape index (κ3) is 4.39. The molecule has 0 spiro atoms. The smallest absolute Gasteiger partial charge is 0.255 e. The van der Waals surface area contributed by atoms with E-state index in [0.717, 1.165) is 21.9 Å². The van der Waals surface area contributed by atoms with Crippen molar-refractivity contribution < 1.29 is 14.1 Å². The molecule has 2 heterocycles. The van der Waals surface area contributed by atoms with Crippen LogP contribution in [0.2, 0.25) is 0 Å². The molecule has 3 rings (SSSR count). The zero-order chi connectivity index (χ0) is 20.3. The van der Waals surface area contributed by atoms with E-state index < -0.39 is 0 Å². The summed E-state index contributed by atoms with van der Waals surface area (Å²) >= 11 is 1.62. The molecule has 2 amide bonds. The average molecular weight is 403 g/mol. The number of hydrogen-bond acceptors (Lipinski definition) is 6. The normalized spacial score (nSPS) is 16.2. The Bertz CT molecular complexity index is 839. The fourth-order valence-electron chi connectivity index (χ4n) is 3.29. The van der Waals surface area contributed by atoms with Gasteiger partial charge in [0.25, 0.3) is 5.91 Å². The maximum atomic E-state index is 13.1. The summed E-state index contributed by atoms with van der Waals surface area (Å²) in [6, 6.07) is 7.37. The van der Waals surface area contributed by atoms with Crippen LogP contribution in [-0.4, -0.2) is 59.0 Å². The number of aromatic nitrogens is 1. The van der Waals surface area contributed by atoms with Gasteiger partial charge in [-0.15, -0.1) is 11.8 Å². The Morgan fingerprint density at radius 3 is 2.50 bits per heavy atom. The lowest BCUT2D eigenvalue weighted by atomic mass is 10.1. The van der Waals surface area contributed by atoms with Crippen LogP contribution in [0.5, 0.6) is 0 Å². The van der Waals surface area contributed by atoms with Crippen LogP contribution in [0.4, 0.5) is 0 Å². The Morgan fingerprint density at radius 1 is 1.21 bits per heavy atom. The highest BCUT2D eigenvalue weighted by atomic mass is 32.2. The molecule has 1 aromatic heterocycles. The lowest BCUT2D eigenvalue weighted by Crippen LogP contribution is -2.54. The van der Waals surface area contributed by atoms with Crippen LogP contribution in [0, 0.1) is 13.8 Å². The highest BCUT2D eigenvalue weighted by molar-refractivity contribution is 7.98. The first-order valence-corrected chi connectivity index (χ1v) is 10.3. The van der Waals surface area contributed by atoms with Crippen molar-refractivity contribution in [3.63, 3.8) is 0 Å². The molecule has 1 unspecified atom stereocenters. The fraction of sp³-hybridized carbons (Fsp3) is 0.450. The summed E-state index contributed by atoms with van der Waals surface area (Å²) in [5, 5.41) is 3.99. The number of hydrogen-bond donors (Lipinski definition) is 1. The Hall–Kier alpha value is -2.32. The Kier molecular flexibility index (Phi) is 6.41. The molecule has 0 bridgehead atoms. The van der Waals surface area contributed by atoms with Gasteiger partial charge < -0.3 is 15.2 Å². The summed E-state index contributed by atoms with van der Waals surface area (Å²) in [6.07, 6.45) is 0. The van der Waals surface area contributed by atoms with Crippen LogP contribution in [0.3, 0.4) is 0 Å². The van der Waals surface area contributed by atoms with Crippen molar-refractivity contribution in [2.24, 2.45) is 5.73 Å². The molecule has 150 valence electrons. The molecule has 1 saturated heterocycles. The van der Waals surface area contributed by atoms with E-state index in [-0.39, 0.29) is 17.9 Å². The fourth-order valence-corrected chi connectivity index (χ4v) is 4.49. The van der Waals surface area contributed by atoms with Gasteiger partial charge in [0, 0.05) is 42.4 Å². The predicted octanol–water partition coefficient (Wildman–Crippen LogP) is 2.22. The monoisotopic (exact) mass is 402 g/mol. The maximum absolute atomic E-state index is 13.1. The molecule has 1 aliphatic heterocycles. The molecular weight excluding hydrogens is 376 g/mol. The van der Waals surface area contributed by atoms with Crippen molar-refractivity contribution >= 4 is 23.6 Å². The van der Waals surface area contributed by atoms with Gasteiger partial charge in [0.15, 0.2) is 0 Å². The molecule has 2 aromatic rings. The molecule has 0 aliphatic carbocycles. The number of nitrogens with two attached hydrogens (primary N) is 1. The molecule has 0 radical (unpaired) electrons. The van der Waals surface area contributed by atoms with E-state index in [1.54, 1.807) is 18.7 Å². The number of rotatable bonds is 6. The molecule has 8 heteroatoms. The number of nitrogens with zero attached hydrogens (tertiary/aromatic N) is 3. The zero-order valence-electron chi connectivity index (χ0n) is 16.5. The Labute approximate surface area is 169 Å². The minimum atomic E-state index is -0.333. The van der Waals surface area contributed by atoms with E-state index in [9.17, 15) is 9.59 Å². The summed E-state index contributed by atoms with van der Waals surface area (Å²) in [7, 11) is 0. The van der Waals surface area contributed by atoms with Gasteiger partial charge >= 0.3 is 0 Å². The molecule has 0 saturated carbocycles. The lowest BCUT2D eigenvalue weighted by molar-refractivity contribution is -0.123. The number of carbonyl (C=O) groups is 2. The van der Waals surface area contributed by atoms with Crippen molar-refractivity contribution in [3.05, 3.63) is 46.8 Å². The third-order valence-electron chi connectivity index (χ3n) is 5.23. The molecular formula is C20H26N4O3S. The first-order chi connectivity index (χ1) is 13.4. The molecule has 28 heavy (non-hydrogen) atoms. The Morgan fingerprint density at radius 2 is 1.89 bits per heavy atom. The van der Waals surface area contributed by atoms with E-state index >= 15 is 0 Å². The molecule has 1 aromatic carbocycles. The Balaban J connectivity index is 1.67. The predicted molar refractivity (Wildman–Crippen MR) is 108 cm³/mol. The number of carbonyl (C=O) groups excluding carboxylic acids is 2. The van der Waals surface area contributed by atoms with Crippen molar-refractivity contribution in [1.82, 2.24) is 15.0 Å². The van der Waals surface area contributed by atoms with Crippen LogP contribution in [0.25, 0.3) is 0 Å². The van der Waals surface area contributed by atoms with Crippen molar-refractivity contribution in [2.45, 2.75) is 37.5 Å². The van der Waals surface area contributed by atoms with E-state index in [1.807, 2.05) is 47.9 Å². The van der Waals surface area contributed by atoms with Gasteiger partial charge in [-0.25, -0.2) is 0 Å². The second kappa shape index (κ2) is 8.79. The minimum absolute atomic E-state index is 0.0215. The second-order valence-electron chi connectivity index (χ2n) is 6.99. The number of amides is 2. The van der Waals surface area contributed by atoms with Crippen LogP contribution < -0.4 is 5.73 Å². The first-order valence-electron chi connectivity index (χ1n) is 9.34. The van der Waals surface area contributed by atoms with Gasteiger partial charge in [0.05, 0.1) is 17.3 Å². The summed E-state index contributed by atoms with van der Waals surface area (Å²) in [4.78, 5) is 29.3. The first kappa shape index (κ1) is 20.4. The summed E-state index contributed by atoms with van der Waals surface area (Å²) in [5.74, 6) is 1.21. The van der Waals surface area contributed by atoms with E-state index in [1.165, 1.54) is 0 Å². The SMILES string of the molecule is Cc1noc(C)c1CSc1ccccc1C(=O)N1CCN(C(C)C(N)=O)CC1. The zero-order valence-corrected chi connectivity index (χ0v) is 17.3. The molecule has 7 nitrogen and oxygen atoms in total. The van der Waals surface area contributed by atoms with Gasteiger partial charge in [0.2, 0.25) is 5.91 Å². The van der Waals surface area contributed by atoms with E-state index in [0.29, 0.717) is 37.5 Å². The number of primary amides is 1. The van der Waals surface area contributed by atoms with E-state index in [2.05, 4.69) is 5.16 Å². The van der Waals surface area contributed by atoms with Gasteiger partial charge in [0.1, 0.15) is 5.76 Å². The van der Waals surface area contributed by atoms with Gasteiger partial charge in [-0.2, -0.15) is 0 Å². The molecule has 1 atom stereocenters. The molecule has 2 N–H and O–H groups in total. The highest BCUT2D eigenvalue weighted by Gasteiger charge is 2.27. The van der Waals surface area contributed by atoms with Gasteiger partial charge in [-0.05, 0) is 32.9 Å². The van der Waals surface area contributed by atoms with Gasteiger partial charge in [-0.1, -0.05) is 17.3 Å². The molecule has 1 fully saturated rings. The second-order valence-corrected chi connectivity index (χ2v) is 8.01. The third-order valence-corrected chi connectivity index (χ3v) is 6.33. The van der Waals surface area contributed by atoms with Crippen LogP contribution in [0.15, 0.2) is 33.7 Å². The summed E-state index contributed by atoms with van der Waals surface area (Å²) in [5.41, 5.74) is 8.05. The highest BCUT2D eigenvalue weighted by Crippen LogP contribution is 2.29. The van der Waals surface area contributed by atoms with E-state index in [4.69, 9.17) is 10.3 Å². The quantitative estimate of drug-likeness (QED) is 0.745. The standard InChI is InChI=1S/C20H26N4O3S/c1-13-17(15(3)27-22-13)12-28-18-7-5-4-6-16(18)20(26)24-10-8-23(9-11-24)14(2)19(21)25/h4-7,14H,8-12H2,1-3H3,(H2,21,25). The average Bonchev–Trinajstić information content (AvgIpc) is 3.03. The summed E-state index contributed by atoms with van der Waals surface area (Å²) < 4.78 is 5.23. The maximum Gasteiger partial charge on any atom is 0.255 e.